The molecule has 0 bridgehead atoms. The number of nitrogens with one attached hydrogen (secondary N) is 1. The molecule has 108 valence electrons. The first-order chi connectivity index (χ1) is 8.63. The topological polar surface area (TPSA) is 21.3 Å². The van der Waals surface area contributed by atoms with E-state index in [9.17, 15) is 0 Å². The van der Waals surface area contributed by atoms with Crippen LogP contribution in [-0.4, -0.2) is 17.9 Å². The summed E-state index contributed by atoms with van der Waals surface area (Å²) in [6.07, 6.45) is 8.68. The van der Waals surface area contributed by atoms with Crippen LogP contribution in [0, 0.1) is 5.92 Å². The highest BCUT2D eigenvalue weighted by atomic mass is 16.5. The van der Waals surface area contributed by atoms with Gasteiger partial charge in [-0.15, -0.1) is 0 Å². The third-order valence-corrected chi connectivity index (χ3v) is 4.42. The van der Waals surface area contributed by atoms with Crippen molar-refractivity contribution < 1.29 is 4.74 Å². The minimum Gasteiger partial charge on any atom is -0.355 e. The maximum atomic E-state index is 6.49. The second-order valence-corrected chi connectivity index (χ2v) is 5.99. The highest BCUT2D eigenvalue weighted by Crippen LogP contribution is 2.39. The molecule has 1 rings (SSSR count). The lowest BCUT2D eigenvalue weighted by molar-refractivity contribution is -0.0676. The highest BCUT2D eigenvalue weighted by Gasteiger charge is 2.48. The summed E-state index contributed by atoms with van der Waals surface area (Å²) in [7, 11) is 0. The second kappa shape index (κ2) is 7.49. The molecule has 0 amide bonds. The third kappa shape index (κ3) is 3.48. The van der Waals surface area contributed by atoms with E-state index in [2.05, 4.69) is 39.9 Å². The summed E-state index contributed by atoms with van der Waals surface area (Å²) >= 11 is 0. The van der Waals surface area contributed by atoms with Crippen molar-refractivity contribution in [3.05, 3.63) is 0 Å². The van der Waals surface area contributed by atoms with E-state index < -0.39 is 0 Å². The zero-order valence-corrected chi connectivity index (χ0v) is 13.1. The molecule has 1 aliphatic rings. The lowest BCUT2D eigenvalue weighted by atomic mass is 9.79. The summed E-state index contributed by atoms with van der Waals surface area (Å²) in [5.74, 6) is 0.699. The minimum absolute atomic E-state index is 0.0960. The minimum atomic E-state index is 0.0960. The molecule has 18 heavy (non-hydrogen) atoms. The summed E-state index contributed by atoms with van der Waals surface area (Å²) in [5, 5.41) is 3.78. The molecule has 0 radical (unpaired) electrons. The first-order valence-electron chi connectivity index (χ1n) is 8.07. The Morgan fingerprint density at radius 2 is 1.67 bits per heavy atom. The maximum Gasteiger partial charge on any atom is 0.109 e. The summed E-state index contributed by atoms with van der Waals surface area (Å²) in [6.45, 7) is 11.5. The molecule has 0 aromatic rings. The van der Waals surface area contributed by atoms with Gasteiger partial charge in [-0.1, -0.05) is 60.3 Å². The fourth-order valence-electron chi connectivity index (χ4n) is 3.47. The lowest BCUT2D eigenvalue weighted by Crippen LogP contribution is -2.47. The van der Waals surface area contributed by atoms with E-state index in [0.29, 0.717) is 12.0 Å². The molecule has 1 fully saturated rings. The molecule has 1 heterocycles. The van der Waals surface area contributed by atoms with E-state index in [4.69, 9.17) is 4.74 Å². The summed E-state index contributed by atoms with van der Waals surface area (Å²) in [4.78, 5) is 0. The highest BCUT2D eigenvalue weighted by molar-refractivity contribution is 5.00. The van der Waals surface area contributed by atoms with Crippen LogP contribution >= 0.6 is 0 Å². The summed E-state index contributed by atoms with van der Waals surface area (Å²) in [6, 6.07) is 0.541. The molecule has 2 nitrogen and oxygen atoms in total. The fourth-order valence-corrected chi connectivity index (χ4v) is 3.47. The van der Waals surface area contributed by atoms with Gasteiger partial charge in [-0.2, -0.15) is 0 Å². The van der Waals surface area contributed by atoms with Gasteiger partial charge >= 0.3 is 0 Å². The predicted octanol–water partition coefficient (Wildman–Crippen LogP) is 4.49. The van der Waals surface area contributed by atoms with Crippen LogP contribution in [0.15, 0.2) is 0 Å². The van der Waals surface area contributed by atoms with Gasteiger partial charge in [0.15, 0.2) is 0 Å². The van der Waals surface area contributed by atoms with Gasteiger partial charge in [-0.3, -0.25) is 5.32 Å². The molecule has 1 saturated heterocycles. The first-order valence-corrected chi connectivity index (χ1v) is 8.07. The molecule has 2 heteroatoms. The van der Waals surface area contributed by atoms with E-state index in [1.807, 2.05) is 0 Å². The van der Waals surface area contributed by atoms with E-state index in [1.54, 1.807) is 0 Å². The molecule has 1 N–H and O–H groups in total. The molecular weight excluding hydrogens is 222 g/mol. The van der Waals surface area contributed by atoms with Crippen LogP contribution in [-0.2, 0) is 4.74 Å². The molecule has 3 atom stereocenters. The normalized spacial score (nSPS) is 28.5. The van der Waals surface area contributed by atoms with Gasteiger partial charge in [0.2, 0.25) is 0 Å². The average Bonchev–Trinajstić information content (AvgIpc) is 2.68. The predicted molar refractivity (Wildman–Crippen MR) is 78.7 cm³/mol. The monoisotopic (exact) mass is 255 g/mol. The Morgan fingerprint density at radius 1 is 1.06 bits per heavy atom. The van der Waals surface area contributed by atoms with Crippen LogP contribution in [0.3, 0.4) is 0 Å². The Balaban J connectivity index is 2.85. The molecule has 0 spiro atoms. The lowest BCUT2D eigenvalue weighted by Gasteiger charge is -2.36. The van der Waals surface area contributed by atoms with Crippen LogP contribution in [0.4, 0.5) is 0 Å². The van der Waals surface area contributed by atoms with Crippen molar-refractivity contribution in [2.45, 2.75) is 97.4 Å². The van der Waals surface area contributed by atoms with Gasteiger partial charge in [0.05, 0.1) is 5.60 Å². The smallest absolute Gasteiger partial charge is 0.109 e. The molecule has 0 aromatic heterocycles. The van der Waals surface area contributed by atoms with Crippen molar-refractivity contribution >= 4 is 0 Å². The fraction of sp³-hybridized carbons (Fsp3) is 1.00. The average molecular weight is 255 g/mol. The maximum absolute atomic E-state index is 6.49. The van der Waals surface area contributed by atoms with Crippen molar-refractivity contribution in [1.82, 2.24) is 5.32 Å². The quantitative estimate of drug-likeness (QED) is 0.690. The SMILES string of the molecule is CCCC1N[C@@H](C(C)CC)C(CCC)(CCC)O1. The number of ether oxygens (including phenoxy) is 1. The number of rotatable bonds is 8. The molecule has 0 saturated carbocycles. The van der Waals surface area contributed by atoms with Crippen molar-refractivity contribution in [3.63, 3.8) is 0 Å². The summed E-state index contributed by atoms with van der Waals surface area (Å²) in [5.41, 5.74) is 0.0960. The van der Waals surface area contributed by atoms with Crippen molar-refractivity contribution in [3.8, 4) is 0 Å². The standard InChI is InChI=1S/C16H33NO/c1-6-10-14-17-15(13(5)9-4)16(18-14,11-7-2)12-8-3/h13-15,17H,6-12H2,1-5H3/t13?,14?,15-/m0/s1. The van der Waals surface area contributed by atoms with Crippen molar-refractivity contribution in [2.24, 2.45) is 5.92 Å². The number of hydrogen-bond acceptors (Lipinski definition) is 2. The Kier molecular flexibility index (Phi) is 6.65. The molecule has 0 aliphatic carbocycles. The van der Waals surface area contributed by atoms with Crippen LogP contribution < -0.4 is 5.32 Å². The first kappa shape index (κ1) is 16.0. The Labute approximate surface area is 114 Å². The van der Waals surface area contributed by atoms with Crippen molar-refractivity contribution in [2.75, 3.05) is 0 Å². The van der Waals surface area contributed by atoms with E-state index >= 15 is 0 Å². The van der Waals surface area contributed by atoms with Gasteiger partial charge in [-0.05, 0) is 25.2 Å². The molecule has 0 aromatic carbocycles. The van der Waals surface area contributed by atoms with Gasteiger partial charge in [0.25, 0.3) is 0 Å². The van der Waals surface area contributed by atoms with Crippen LogP contribution in [0.5, 0.6) is 0 Å². The number of hydrogen-bond donors (Lipinski definition) is 1. The zero-order chi connectivity index (χ0) is 13.6. The largest absolute Gasteiger partial charge is 0.355 e. The van der Waals surface area contributed by atoms with Crippen LogP contribution in [0.2, 0.25) is 0 Å². The van der Waals surface area contributed by atoms with Crippen LogP contribution in [0.25, 0.3) is 0 Å². The molecule has 2 unspecified atom stereocenters. The van der Waals surface area contributed by atoms with E-state index in [-0.39, 0.29) is 11.8 Å². The van der Waals surface area contributed by atoms with E-state index in [1.165, 1.54) is 38.5 Å². The Bertz CT molecular complexity index is 223. The molecule has 1 aliphatic heterocycles. The van der Waals surface area contributed by atoms with Crippen LogP contribution in [0.1, 0.15) is 79.6 Å². The Hall–Kier alpha value is -0.0800. The van der Waals surface area contributed by atoms with Gasteiger partial charge in [0.1, 0.15) is 6.23 Å². The molecular formula is C16H33NO. The summed E-state index contributed by atoms with van der Waals surface area (Å²) < 4.78 is 6.49. The van der Waals surface area contributed by atoms with Gasteiger partial charge in [-0.25, -0.2) is 0 Å². The van der Waals surface area contributed by atoms with Crippen molar-refractivity contribution in [1.29, 1.82) is 0 Å². The van der Waals surface area contributed by atoms with Gasteiger partial charge < -0.3 is 4.74 Å². The van der Waals surface area contributed by atoms with E-state index in [0.717, 1.165) is 6.42 Å². The van der Waals surface area contributed by atoms with Gasteiger partial charge in [0, 0.05) is 6.04 Å². The Morgan fingerprint density at radius 3 is 2.11 bits per heavy atom. The second-order valence-electron chi connectivity index (χ2n) is 5.99. The zero-order valence-electron chi connectivity index (χ0n) is 13.1. The third-order valence-electron chi connectivity index (χ3n) is 4.42.